The van der Waals surface area contributed by atoms with Crippen LogP contribution in [0.3, 0.4) is 0 Å². The van der Waals surface area contributed by atoms with Gasteiger partial charge in [0, 0.05) is 5.02 Å². The molecule has 0 unspecified atom stereocenters. The van der Waals surface area contributed by atoms with E-state index in [0.717, 1.165) is 29.4 Å². The van der Waals surface area contributed by atoms with Crippen molar-refractivity contribution in [1.82, 2.24) is 0 Å². The fraction of sp³-hybridized carbons (Fsp3) is 0.652. The highest BCUT2D eigenvalue weighted by atomic mass is 35.5. The molecule has 0 aromatic heterocycles. The molecule has 2 heteroatoms. The highest BCUT2D eigenvalue weighted by molar-refractivity contribution is 6.30. The maximum Gasteiger partial charge on any atom is 0.0720 e. The molecule has 138 valence electrons. The second-order valence-corrected chi connectivity index (χ2v) is 8.56. The molecular weight excluding hydrogens is 328 g/mol. The molecule has 0 aliphatic heterocycles. The van der Waals surface area contributed by atoms with Gasteiger partial charge in [-0.1, -0.05) is 42.7 Å². The van der Waals surface area contributed by atoms with Gasteiger partial charge in [-0.3, -0.25) is 0 Å². The molecule has 1 aromatic rings. The first-order valence-corrected chi connectivity index (χ1v) is 10.6. The standard InChI is InChI=1S/C23H33ClO/c1-2-3-4-18-5-9-20(10-6-18)21-11-15-23(16-12-21)25-17-19-7-13-22(24)14-8-19/h2,7-8,13-14,18,20-21,23H,1,3-6,9-12,15-17H2/t18-,20-,21?,23?. The fourth-order valence-electron chi connectivity index (χ4n) is 4.82. The minimum atomic E-state index is 0.454. The van der Waals surface area contributed by atoms with E-state index < -0.39 is 0 Å². The zero-order chi connectivity index (χ0) is 17.5. The van der Waals surface area contributed by atoms with Crippen molar-refractivity contribution in [2.45, 2.75) is 76.9 Å². The predicted molar refractivity (Wildman–Crippen MR) is 107 cm³/mol. The van der Waals surface area contributed by atoms with E-state index in [9.17, 15) is 0 Å². The molecule has 0 radical (unpaired) electrons. The van der Waals surface area contributed by atoms with Crippen LogP contribution in [0.1, 0.15) is 69.8 Å². The number of rotatable bonds is 7. The maximum atomic E-state index is 6.15. The number of hydrogen-bond donors (Lipinski definition) is 0. The Bertz CT molecular complexity index is 507. The summed E-state index contributed by atoms with van der Waals surface area (Å²) >= 11 is 5.94. The van der Waals surface area contributed by atoms with E-state index in [1.165, 1.54) is 69.8 Å². The van der Waals surface area contributed by atoms with Crippen molar-refractivity contribution in [3.05, 3.63) is 47.5 Å². The number of halogens is 1. The molecule has 0 spiro atoms. The number of allylic oxidation sites excluding steroid dienone is 1. The molecule has 2 fully saturated rings. The SMILES string of the molecule is C=CCC[C@H]1CC[C@H](C2CCC(OCc3ccc(Cl)cc3)CC2)CC1. The van der Waals surface area contributed by atoms with Gasteiger partial charge in [-0.25, -0.2) is 0 Å². The van der Waals surface area contributed by atoms with Crippen molar-refractivity contribution in [2.24, 2.45) is 17.8 Å². The lowest BCUT2D eigenvalue weighted by atomic mass is 9.70. The monoisotopic (exact) mass is 360 g/mol. The van der Waals surface area contributed by atoms with Crippen molar-refractivity contribution in [1.29, 1.82) is 0 Å². The average Bonchev–Trinajstić information content (AvgIpc) is 2.67. The van der Waals surface area contributed by atoms with Crippen LogP contribution in [0.15, 0.2) is 36.9 Å². The molecule has 2 aliphatic rings. The highest BCUT2D eigenvalue weighted by Gasteiger charge is 2.30. The lowest BCUT2D eigenvalue weighted by Gasteiger charge is -2.37. The van der Waals surface area contributed by atoms with Gasteiger partial charge in [-0.2, -0.15) is 0 Å². The van der Waals surface area contributed by atoms with Gasteiger partial charge in [0.1, 0.15) is 0 Å². The summed E-state index contributed by atoms with van der Waals surface area (Å²) in [5, 5.41) is 0.795. The Kier molecular flexibility index (Phi) is 7.43. The minimum Gasteiger partial charge on any atom is -0.374 e. The van der Waals surface area contributed by atoms with Gasteiger partial charge in [0.25, 0.3) is 0 Å². The molecular formula is C23H33ClO. The highest BCUT2D eigenvalue weighted by Crippen LogP contribution is 2.41. The van der Waals surface area contributed by atoms with Crippen molar-refractivity contribution >= 4 is 11.6 Å². The summed E-state index contributed by atoms with van der Waals surface area (Å²) in [7, 11) is 0. The van der Waals surface area contributed by atoms with Crippen molar-refractivity contribution < 1.29 is 4.74 Å². The van der Waals surface area contributed by atoms with Gasteiger partial charge in [0.05, 0.1) is 12.7 Å². The zero-order valence-corrected chi connectivity index (χ0v) is 16.2. The maximum absolute atomic E-state index is 6.15. The number of hydrogen-bond acceptors (Lipinski definition) is 1. The van der Waals surface area contributed by atoms with Gasteiger partial charge >= 0.3 is 0 Å². The smallest absolute Gasteiger partial charge is 0.0720 e. The molecule has 0 bridgehead atoms. The van der Waals surface area contributed by atoms with Crippen LogP contribution in [0.4, 0.5) is 0 Å². The Morgan fingerprint density at radius 3 is 2.12 bits per heavy atom. The minimum absolute atomic E-state index is 0.454. The molecule has 2 aliphatic carbocycles. The topological polar surface area (TPSA) is 9.23 Å². The van der Waals surface area contributed by atoms with E-state index in [0.29, 0.717) is 6.10 Å². The van der Waals surface area contributed by atoms with Crippen LogP contribution in [0.25, 0.3) is 0 Å². The molecule has 3 rings (SSSR count). The summed E-state index contributed by atoms with van der Waals surface area (Å²) < 4.78 is 6.15. The van der Waals surface area contributed by atoms with Crippen molar-refractivity contribution in [3.8, 4) is 0 Å². The predicted octanol–water partition coefficient (Wildman–Crippen LogP) is 7.19. The Labute approximate surface area is 158 Å². The van der Waals surface area contributed by atoms with Crippen LogP contribution in [0, 0.1) is 17.8 Å². The van der Waals surface area contributed by atoms with E-state index in [1.807, 2.05) is 12.1 Å². The van der Waals surface area contributed by atoms with Crippen LogP contribution < -0.4 is 0 Å². The van der Waals surface area contributed by atoms with Gasteiger partial charge in [-0.15, -0.1) is 6.58 Å². The Hall–Kier alpha value is -0.790. The number of benzene rings is 1. The zero-order valence-electron chi connectivity index (χ0n) is 15.5. The molecule has 2 saturated carbocycles. The summed E-state index contributed by atoms with van der Waals surface area (Å²) in [6.45, 7) is 4.58. The average molecular weight is 361 g/mol. The van der Waals surface area contributed by atoms with Crippen LogP contribution in [-0.2, 0) is 11.3 Å². The second-order valence-electron chi connectivity index (χ2n) is 8.12. The van der Waals surface area contributed by atoms with Gasteiger partial charge < -0.3 is 4.74 Å². The quantitative estimate of drug-likeness (QED) is 0.467. The Morgan fingerprint density at radius 1 is 0.920 bits per heavy atom. The lowest BCUT2D eigenvalue weighted by Crippen LogP contribution is -2.28. The third-order valence-corrected chi connectivity index (χ3v) is 6.71. The third-order valence-electron chi connectivity index (χ3n) is 6.45. The second kappa shape index (κ2) is 9.78. The van der Waals surface area contributed by atoms with E-state index in [1.54, 1.807) is 0 Å². The molecule has 0 heterocycles. The summed E-state index contributed by atoms with van der Waals surface area (Å²) in [4.78, 5) is 0. The van der Waals surface area contributed by atoms with Crippen LogP contribution in [-0.4, -0.2) is 6.10 Å². The van der Waals surface area contributed by atoms with Gasteiger partial charge in [-0.05, 0) is 86.8 Å². The van der Waals surface area contributed by atoms with Crippen LogP contribution >= 0.6 is 11.6 Å². The molecule has 0 amide bonds. The molecule has 0 N–H and O–H groups in total. The summed E-state index contributed by atoms with van der Waals surface area (Å²) in [6, 6.07) is 8.03. The van der Waals surface area contributed by atoms with Gasteiger partial charge in [0.15, 0.2) is 0 Å². The summed E-state index contributed by atoms with van der Waals surface area (Å²) in [6.07, 6.45) is 16.1. The summed E-state index contributed by atoms with van der Waals surface area (Å²) in [5.41, 5.74) is 1.23. The largest absolute Gasteiger partial charge is 0.374 e. The first-order chi connectivity index (χ1) is 12.2. The normalized spacial score (nSPS) is 30.1. The van der Waals surface area contributed by atoms with Crippen LogP contribution in [0.2, 0.25) is 5.02 Å². The first-order valence-electron chi connectivity index (χ1n) is 10.2. The summed E-state index contributed by atoms with van der Waals surface area (Å²) in [5.74, 6) is 2.90. The Morgan fingerprint density at radius 2 is 1.52 bits per heavy atom. The van der Waals surface area contributed by atoms with E-state index in [-0.39, 0.29) is 0 Å². The van der Waals surface area contributed by atoms with E-state index in [4.69, 9.17) is 16.3 Å². The van der Waals surface area contributed by atoms with Crippen LogP contribution in [0.5, 0.6) is 0 Å². The van der Waals surface area contributed by atoms with Crippen molar-refractivity contribution in [2.75, 3.05) is 0 Å². The fourth-order valence-corrected chi connectivity index (χ4v) is 4.95. The molecule has 25 heavy (non-hydrogen) atoms. The molecule has 1 nitrogen and oxygen atoms in total. The van der Waals surface area contributed by atoms with Crippen molar-refractivity contribution in [3.63, 3.8) is 0 Å². The molecule has 0 atom stereocenters. The Balaban J connectivity index is 1.34. The molecule has 0 saturated heterocycles. The lowest BCUT2D eigenvalue weighted by molar-refractivity contribution is -0.00282. The molecule has 1 aromatic carbocycles. The third kappa shape index (κ3) is 5.86. The first kappa shape index (κ1) is 19.0. The van der Waals surface area contributed by atoms with E-state index >= 15 is 0 Å². The van der Waals surface area contributed by atoms with E-state index in [2.05, 4.69) is 24.8 Å². The van der Waals surface area contributed by atoms with Gasteiger partial charge in [0.2, 0.25) is 0 Å². The number of ether oxygens (including phenoxy) is 1.